The first-order valence-electron chi connectivity index (χ1n) is 6.77. The Labute approximate surface area is 129 Å². The summed E-state index contributed by atoms with van der Waals surface area (Å²) in [7, 11) is 4.03. The molecule has 2 aromatic rings. The van der Waals surface area contributed by atoms with Gasteiger partial charge in [-0.2, -0.15) is 0 Å². The molecule has 0 unspecified atom stereocenters. The number of hydrogen-bond donors (Lipinski definition) is 2. The highest BCUT2D eigenvalue weighted by molar-refractivity contribution is 7.10. The van der Waals surface area contributed by atoms with Crippen molar-refractivity contribution < 1.29 is 4.79 Å². The van der Waals surface area contributed by atoms with Gasteiger partial charge in [0.1, 0.15) is 0 Å². The topological polar surface area (TPSA) is 57.3 Å². The second-order valence-corrected chi connectivity index (χ2v) is 5.90. The van der Waals surface area contributed by atoms with Crippen molar-refractivity contribution in [3.8, 4) is 0 Å². The minimum absolute atomic E-state index is 0.165. The molecule has 2 rings (SSSR count). The van der Waals surface area contributed by atoms with Gasteiger partial charge >= 0.3 is 6.03 Å². The molecule has 2 aromatic heterocycles. The zero-order chi connectivity index (χ0) is 15.1. The Balaban J connectivity index is 1.80. The molecule has 0 fully saturated rings. The molecule has 2 N–H and O–H groups in total. The van der Waals surface area contributed by atoms with Crippen LogP contribution in [0.5, 0.6) is 0 Å². The third-order valence-corrected chi connectivity index (χ3v) is 4.10. The lowest BCUT2D eigenvalue weighted by molar-refractivity contribution is 0.233. The van der Waals surface area contributed by atoms with E-state index in [2.05, 4.69) is 26.6 Å². The normalized spacial score (nSPS) is 12.1. The molecule has 0 aliphatic rings. The maximum absolute atomic E-state index is 11.9. The molecule has 2 amide bonds. The van der Waals surface area contributed by atoms with E-state index in [1.54, 1.807) is 23.7 Å². The van der Waals surface area contributed by atoms with E-state index in [-0.39, 0.29) is 12.1 Å². The second-order valence-electron chi connectivity index (χ2n) is 4.92. The van der Waals surface area contributed by atoms with Crippen LogP contribution < -0.4 is 10.6 Å². The largest absolute Gasteiger partial charge is 0.336 e. The van der Waals surface area contributed by atoms with Crippen LogP contribution in [0.4, 0.5) is 4.79 Å². The van der Waals surface area contributed by atoms with E-state index in [0.29, 0.717) is 13.1 Å². The van der Waals surface area contributed by atoms with Crippen molar-refractivity contribution in [2.45, 2.75) is 12.6 Å². The smallest absolute Gasteiger partial charge is 0.315 e. The average molecular weight is 304 g/mol. The molecule has 0 aliphatic heterocycles. The lowest BCUT2D eigenvalue weighted by atomic mass is 10.2. The third-order valence-electron chi connectivity index (χ3n) is 3.13. The maximum atomic E-state index is 11.9. The van der Waals surface area contributed by atoms with Crippen LogP contribution in [-0.2, 0) is 6.54 Å². The minimum atomic E-state index is -0.165. The quantitative estimate of drug-likeness (QED) is 0.860. The fraction of sp³-hybridized carbons (Fsp3) is 0.333. The molecule has 112 valence electrons. The number of hydrogen-bond acceptors (Lipinski definition) is 4. The van der Waals surface area contributed by atoms with Crippen LogP contribution in [0, 0.1) is 0 Å². The van der Waals surface area contributed by atoms with E-state index in [9.17, 15) is 4.79 Å². The van der Waals surface area contributed by atoms with Crippen molar-refractivity contribution in [2.75, 3.05) is 20.6 Å². The van der Waals surface area contributed by atoms with Crippen LogP contribution in [-0.4, -0.2) is 36.6 Å². The highest BCUT2D eigenvalue weighted by Gasteiger charge is 2.15. The first-order chi connectivity index (χ1) is 10.2. The summed E-state index contributed by atoms with van der Waals surface area (Å²) in [5, 5.41) is 7.80. The molecule has 0 spiro atoms. The summed E-state index contributed by atoms with van der Waals surface area (Å²) in [5.74, 6) is 0. The number of carbonyl (C=O) groups is 1. The van der Waals surface area contributed by atoms with E-state index in [0.717, 1.165) is 5.56 Å². The van der Waals surface area contributed by atoms with Crippen molar-refractivity contribution in [3.05, 3.63) is 52.5 Å². The number of pyridine rings is 1. The van der Waals surface area contributed by atoms with E-state index >= 15 is 0 Å². The van der Waals surface area contributed by atoms with Gasteiger partial charge in [-0.3, -0.25) is 4.98 Å². The number of nitrogens with zero attached hydrogens (tertiary/aromatic N) is 2. The highest BCUT2D eigenvalue weighted by atomic mass is 32.1. The first kappa shape index (κ1) is 15.5. The number of aromatic nitrogens is 1. The van der Waals surface area contributed by atoms with Gasteiger partial charge in [0.05, 0.1) is 6.04 Å². The Hall–Kier alpha value is -1.92. The van der Waals surface area contributed by atoms with Gasteiger partial charge in [-0.1, -0.05) is 12.1 Å². The summed E-state index contributed by atoms with van der Waals surface area (Å²) in [6, 6.07) is 7.93. The van der Waals surface area contributed by atoms with Crippen molar-refractivity contribution >= 4 is 17.4 Å². The second kappa shape index (κ2) is 7.75. The van der Waals surface area contributed by atoms with Crippen LogP contribution in [0.3, 0.4) is 0 Å². The molecule has 0 aromatic carbocycles. The van der Waals surface area contributed by atoms with Crippen LogP contribution in [0.15, 0.2) is 42.0 Å². The van der Waals surface area contributed by atoms with Gasteiger partial charge in [0.15, 0.2) is 0 Å². The van der Waals surface area contributed by atoms with Crippen molar-refractivity contribution in [3.63, 3.8) is 0 Å². The molecule has 0 saturated carbocycles. The van der Waals surface area contributed by atoms with E-state index in [1.165, 1.54) is 4.88 Å². The molecule has 6 heteroatoms. The van der Waals surface area contributed by atoms with Gasteiger partial charge in [0, 0.05) is 30.4 Å². The molecule has 2 heterocycles. The number of nitrogens with one attached hydrogen (secondary N) is 2. The molecular weight excluding hydrogens is 284 g/mol. The molecule has 0 saturated heterocycles. The number of rotatable bonds is 6. The van der Waals surface area contributed by atoms with Crippen LogP contribution in [0.25, 0.3) is 0 Å². The predicted octanol–water partition coefficient (Wildman–Crippen LogP) is 2.25. The monoisotopic (exact) mass is 304 g/mol. The molecule has 0 aliphatic carbocycles. The predicted molar refractivity (Wildman–Crippen MR) is 85.2 cm³/mol. The van der Waals surface area contributed by atoms with Gasteiger partial charge in [-0.05, 0) is 37.2 Å². The summed E-state index contributed by atoms with van der Waals surface area (Å²) in [4.78, 5) is 19.2. The average Bonchev–Trinajstić information content (AvgIpc) is 3.00. The SMILES string of the molecule is CN(C)[C@H](CNC(=O)NCc1cccnc1)c1cccs1. The Morgan fingerprint density at radius 2 is 2.19 bits per heavy atom. The number of urea groups is 1. The zero-order valence-corrected chi connectivity index (χ0v) is 13.1. The zero-order valence-electron chi connectivity index (χ0n) is 12.2. The van der Waals surface area contributed by atoms with Crippen LogP contribution in [0.1, 0.15) is 16.5 Å². The Kier molecular flexibility index (Phi) is 5.71. The number of amides is 2. The molecule has 1 atom stereocenters. The van der Waals surface area contributed by atoms with Crippen LogP contribution in [0.2, 0.25) is 0 Å². The molecule has 0 radical (unpaired) electrons. The fourth-order valence-electron chi connectivity index (χ4n) is 1.96. The molecule has 5 nitrogen and oxygen atoms in total. The standard InChI is InChI=1S/C15H20N4OS/c1-19(2)13(14-6-4-8-21-14)11-18-15(20)17-10-12-5-3-7-16-9-12/h3-9,13H,10-11H2,1-2H3,(H2,17,18,20)/t13-/m1/s1. The van der Waals surface area contributed by atoms with Gasteiger partial charge < -0.3 is 15.5 Å². The lowest BCUT2D eigenvalue weighted by Crippen LogP contribution is -2.40. The third kappa shape index (κ3) is 4.84. The number of thiophene rings is 1. The first-order valence-corrected chi connectivity index (χ1v) is 7.65. The molecular formula is C15H20N4OS. The van der Waals surface area contributed by atoms with Crippen molar-refractivity contribution in [2.24, 2.45) is 0 Å². The van der Waals surface area contributed by atoms with Gasteiger partial charge in [0.2, 0.25) is 0 Å². The van der Waals surface area contributed by atoms with Crippen molar-refractivity contribution in [1.82, 2.24) is 20.5 Å². The number of carbonyl (C=O) groups excluding carboxylic acids is 1. The molecule has 0 bridgehead atoms. The van der Waals surface area contributed by atoms with E-state index in [4.69, 9.17) is 0 Å². The Morgan fingerprint density at radius 3 is 2.81 bits per heavy atom. The Bertz CT molecular complexity index is 542. The Morgan fingerprint density at radius 1 is 1.33 bits per heavy atom. The highest BCUT2D eigenvalue weighted by Crippen LogP contribution is 2.22. The summed E-state index contributed by atoms with van der Waals surface area (Å²) in [6.07, 6.45) is 3.46. The van der Waals surface area contributed by atoms with Gasteiger partial charge in [-0.25, -0.2) is 4.79 Å². The van der Waals surface area contributed by atoms with E-state index < -0.39 is 0 Å². The molecule has 21 heavy (non-hydrogen) atoms. The summed E-state index contributed by atoms with van der Waals surface area (Å²) in [6.45, 7) is 1.05. The maximum Gasteiger partial charge on any atom is 0.315 e. The lowest BCUT2D eigenvalue weighted by Gasteiger charge is -2.23. The minimum Gasteiger partial charge on any atom is -0.336 e. The number of likely N-dealkylation sites (N-methyl/N-ethyl adjacent to an activating group) is 1. The summed E-state index contributed by atoms with van der Waals surface area (Å²) in [5.41, 5.74) is 0.982. The van der Waals surface area contributed by atoms with Gasteiger partial charge in [-0.15, -0.1) is 11.3 Å². The summed E-state index contributed by atoms with van der Waals surface area (Å²) < 4.78 is 0. The van der Waals surface area contributed by atoms with E-state index in [1.807, 2.05) is 37.7 Å². The van der Waals surface area contributed by atoms with Gasteiger partial charge in [0.25, 0.3) is 0 Å². The van der Waals surface area contributed by atoms with Crippen molar-refractivity contribution in [1.29, 1.82) is 0 Å². The fourth-order valence-corrected chi connectivity index (χ4v) is 2.88. The van der Waals surface area contributed by atoms with Crippen LogP contribution >= 0.6 is 11.3 Å². The summed E-state index contributed by atoms with van der Waals surface area (Å²) >= 11 is 1.70.